The fraction of sp³-hybridized carbons (Fsp3) is 0.409. The zero-order chi connectivity index (χ0) is 23.5. The normalized spacial score (nSPS) is 27.4. The van der Waals surface area contributed by atoms with E-state index in [9.17, 15) is 34.8 Å². The van der Waals surface area contributed by atoms with Crippen LogP contribution in [0.15, 0.2) is 29.0 Å². The van der Waals surface area contributed by atoms with Gasteiger partial charge in [-0.15, -0.1) is 0 Å². The van der Waals surface area contributed by atoms with E-state index in [1.54, 1.807) is 18.2 Å². The maximum absolute atomic E-state index is 13.4. The SMILES string of the molecule is CON(C)Cc1ccc(O)c2c1C[C@H]1C[C@H]3CC(=O)C(C(N)=O)=C(O)[C@@]3(O)C(=O)C1=C2O. The number of aromatic hydroxyl groups is 1. The summed E-state index contributed by atoms with van der Waals surface area (Å²) < 4.78 is 0. The second-order valence-electron chi connectivity index (χ2n) is 8.47. The van der Waals surface area contributed by atoms with Crippen molar-refractivity contribution in [1.29, 1.82) is 0 Å². The van der Waals surface area contributed by atoms with Gasteiger partial charge in [0.2, 0.25) is 5.78 Å². The van der Waals surface area contributed by atoms with Crippen molar-refractivity contribution in [1.82, 2.24) is 5.06 Å². The highest BCUT2D eigenvalue weighted by molar-refractivity contribution is 6.22. The summed E-state index contributed by atoms with van der Waals surface area (Å²) in [7, 11) is 3.22. The molecule has 0 unspecified atom stereocenters. The number of aliphatic hydroxyl groups excluding tert-OH is 2. The van der Waals surface area contributed by atoms with Gasteiger partial charge in [-0.05, 0) is 36.0 Å². The van der Waals surface area contributed by atoms with Crippen molar-refractivity contribution in [2.75, 3.05) is 14.2 Å². The third-order valence-corrected chi connectivity index (χ3v) is 6.75. The van der Waals surface area contributed by atoms with Crippen LogP contribution in [0.25, 0.3) is 5.76 Å². The highest BCUT2D eigenvalue weighted by atomic mass is 16.7. The average molecular weight is 444 g/mol. The molecule has 1 aromatic rings. The number of Topliss-reactive ketones (excluding diaryl/α,β-unsaturated/α-hetero) is 2. The molecule has 3 aliphatic carbocycles. The molecule has 1 aromatic carbocycles. The molecule has 0 heterocycles. The summed E-state index contributed by atoms with van der Waals surface area (Å²) in [5, 5.41) is 44.8. The van der Waals surface area contributed by atoms with Crippen LogP contribution in [-0.4, -0.2) is 62.7 Å². The number of hydrogen-bond acceptors (Lipinski definition) is 9. The number of carbonyl (C=O) groups excluding carboxylic acids is 3. The zero-order valence-corrected chi connectivity index (χ0v) is 17.6. The lowest BCUT2D eigenvalue weighted by Crippen LogP contribution is -2.58. The van der Waals surface area contributed by atoms with E-state index in [2.05, 4.69) is 0 Å². The second kappa shape index (κ2) is 7.44. The van der Waals surface area contributed by atoms with Gasteiger partial charge < -0.3 is 31.0 Å². The highest BCUT2D eigenvalue weighted by Gasteiger charge is 2.60. The van der Waals surface area contributed by atoms with Crippen LogP contribution in [0.2, 0.25) is 0 Å². The Bertz CT molecular complexity index is 1120. The van der Waals surface area contributed by atoms with Crippen LogP contribution in [-0.2, 0) is 32.2 Å². The minimum atomic E-state index is -2.56. The molecule has 0 aromatic heterocycles. The van der Waals surface area contributed by atoms with E-state index in [4.69, 9.17) is 10.6 Å². The van der Waals surface area contributed by atoms with Gasteiger partial charge in [0.25, 0.3) is 5.91 Å². The summed E-state index contributed by atoms with van der Waals surface area (Å²) in [5.41, 5.74) is 3.11. The molecule has 10 nitrogen and oxygen atoms in total. The number of nitrogens with two attached hydrogens (primary N) is 1. The number of aliphatic hydroxyl groups is 3. The van der Waals surface area contributed by atoms with E-state index in [1.807, 2.05) is 0 Å². The maximum Gasteiger partial charge on any atom is 0.255 e. The largest absolute Gasteiger partial charge is 0.508 e. The molecular weight excluding hydrogens is 420 g/mol. The lowest BCUT2D eigenvalue weighted by Gasteiger charge is -2.46. The monoisotopic (exact) mass is 444 g/mol. The van der Waals surface area contributed by atoms with Crippen LogP contribution >= 0.6 is 0 Å². The number of hydroxylamine groups is 2. The third-order valence-electron chi connectivity index (χ3n) is 6.75. The van der Waals surface area contributed by atoms with Gasteiger partial charge >= 0.3 is 0 Å². The van der Waals surface area contributed by atoms with Crippen molar-refractivity contribution in [3.8, 4) is 5.75 Å². The topological polar surface area (TPSA) is 171 Å². The maximum atomic E-state index is 13.4. The number of rotatable bonds is 4. The molecule has 3 aliphatic rings. The van der Waals surface area contributed by atoms with Gasteiger partial charge in [0.15, 0.2) is 11.4 Å². The summed E-state index contributed by atoms with van der Waals surface area (Å²) in [6, 6.07) is 3.09. The first-order chi connectivity index (χ1) is 15.0. The molecule has 6 N–H and O–H groups in total. The van der Waals surface area contributed by atoms with Gasteiger partial charge in [-0.1, -0.05) is 6.07 Å². The van der Waals surface area contributed by atoms with E-state index >= 15 is 0 Å². The standard InChI is InChI=1S/C22H24N2O8/c1-24(32-2)8-9-3-4-13(25)16-12(9)6-10-5-11-7-14(26)17(21(23)30)20(29)22(11,31)19(28)15(10)18(16)27/h3-4,10-11,25,27,29,31H,5-8H2,1-2H3,(H2,23,30)/t10-,11+,22+/m1/s1. The number of phenols is 1. The first kappa shape index (κ1) is 22.0. The van der Waals surface area contributed by atoms with Crippen LogP contribution < -0.4 is 5.73 Å². The Morgan fingerprint density at radius 1 is 1.25 bits per heavy atom. The predicted octanol–water partition coefficient (Wildman–Crippen LogP) is 0.417. The second-order valence-corrected chi connectivity index (χ2v) is 8.47. The molecule has 0 saturated heterocycles. The molecule has 1 fully saturated rings. The summed E-state index contributed by atoms with van der Waals surface area (Å²) in [4.78, 5) is 42.6. The molecule has 10 heteroatoms. The Morgan fingerprint density at radius 2 is 1.94 bits per heavy atom. The Morgan fingerprint density at radius 3 is 2.56 bits per heavy atom. The van der Waals surface area contributed by atoms with E-state index in [-0.39, 0.29) is 36.1 Å². The van der Waals surface area contributed by atoms with Gasteiger partial charge in [-0.3, -0.25) is 14.4 Å². The van der Waals surface area contributed by atoms with Crippen LogP contribution in [0.1, 0.15) is 29.5 Å². The highest BCUT2D eigenvalue weighted by Crippen LogP contribution is 2.52. The molecule has 0 radical (unpaired) electrons. The van der Waals surface area contributed by atoms with Gasteiger partial charge in [0.05, 0.1) is 12.7 Å². The number of benzene rings is 1. The third kappa shape index (κ3) is 2.94. The number of fused-ring (bicyclic) bond motifs is 3. The van der Waals surface area contributed by atoms with Gasteiger partial charge in [0, 0.05) is 31.5 Å². The minimum Gasteiger partial charge on any atom is -0.508 e. The van der Waals surface area contributed by atoms with Crippen molar-refractivity contribution in [3.63, 3.8) is 0 Å². The van der Waals surface area contributed by atoms with Crippen molar-refractivity contribution < 1.29 is 39.6 Å². The summed E-state index contributed by atoms with van der Waals surface area (Å²) >= 11 is 0. The number of ketones is 2. The molecule has 1 saturated carbocycles. The van der Waals surface area contributed by atoms with Gasteiger partial charge in [-0.2, -0.15) is 5.06 Å². The zero-order valence-electron chi connectivity index (χ0n) is 17.6. The molecule has 0 aliphatic heterocycles. The van der Waals surface area contributed by atoms with Crippen LogP contribution in [0.4, 0.5) is 0 Å². The van der Waals surface area contributed by atoms with Gasteiger partial charge in [-0.25, -0.2) is 0 Å². The number of carbonyl (C=O) groups is 3. The van der Waals surface area contributed by atoms with Crippen molar-refractivity contribution in [2.24, 2.45) is 17.6 Å². The molecule has 4 rings (SSSR count). The summed E-state index contributed by atoms with van der Waals surface area (Å²) in [5.74, 6) is -6.38. The molecule has 0 bridgehead atoms. The van der Waals surface area contributed by atoms with E-state index < -0.39 is 52.0 Å². The van der Waals surface area contributed by atoms with Crippen molar-refractivity contribution >= 4 is 23.2 Å². The van der Waals surface area contributed by atoms with Crippen molar-refractivity contribution in [2.45, 2.75) is 31.4 Å². The fourth-order valence-corrected chi connectivity index (χ4v) is 5.14. The Kier molecular flexibility index (Phi) is 5.11. The number of hydrogen-bond donors (Lipinski definition) is 5. The quantitative estimate of drug-likeness (QED) is 0.326. The average Bonchev–Trinajstić information content (AvgIpc) is 2.72. The summed E-state index contributed by atoms with van der Waals surface area (Å²) in [6.45, 7) is 0.347. The van der Waals surface area contributed by atoms with E-state index in [0.29, 0.717) is 12.1 Å². The molecule has 170 valence electrons. The molecule has 32 heavy (non-hydrogen) atoms. The smallest absolute Gasteiger partial charge is 0.255 e. The lowest BCUT2D eigenvalue weighted by atomic mass is 9.59. The predicted molar refractivity (Wildman–Crippen MR) is 110 cm³/mol. The van der Waals surface area contributed by atoms with Crippen LogP contribution in [0, 0.1) is 11.8 Å². The molecule has 1 amide bonds. The number of nitrogens with zero attached hydrogens (tertiary/aromatic N) is 1. The number of primary amides is 1. The Hall–Kier alpha value is -3.21. The van der Waals surface area contributed by atoms with Crippen LogP contribution in [0.5, 0.6) is 5.75 Å². The Balaban J connectivity index is 1.89. The lowest BCUT2D eigenvalue weighted by molar-refractivity contribution is -0.147. The van der Waals surface area contributed by atoms with Crippen molar-refractivity contribution in [3.05, 3.63) is 45.7 Å². The molecule has 3 atom stereocenters. The first-order valence-electron chi connectivity index (χ1n) is 10.1. The van der Waals surface area contributed by atoms with Gasteiger partial charge in [0.1, 0.15) is 22.8 Å². The number of phenolic OH excluding ortho intramolecular Hbond substituents is 1. The Labute approximate surface area is 183 Å². The van der Waals surface area contributed by atoms with E-state index in [0.717, 1.165) is 5.56 Å². The molecular formula is C22H24N2O8. The summed E-state index contributed by atoms with van der Waals surface area (Å²) in [6.07, 6.45) is 0.00902. The first-order valence-corrected chi connectivity index (χ1v) is 10.1. The number of amides is 1. The molecule has 0 spiro atoms. The minimum absolute atomic E-state index is 0.0686. The van der Waals surface area contributed by atoms with E-state index in [1.165, 1.54) is 13.2 Å². The fourth-order valence-electron chi connectivity index (χ4n) is 5.14. The van der Waals surface area contributed by atoms with Crippen LogP contribution in [0.3, 0.4) is 0 Å².